The van der Waals surface area contributed by atoms with Crippen LogP contribution in [0.1, 0.15) is 49.3 Å². The molecule has 3 atom stereocenters. The van der Waals surface area contributed by atoms with Gasteiger partial charge in [0.15, 0.2) is 6.29 Å². The van der Waals surface area contributed by atoms with Crippen molar-refractivity contribution in [3.8, 4) is 11.1 Å². The number of fused-ring (bicyclic) bond motifs is 4. The number of carbonyl (C=O) groups excluding carboxylic acids is 2. The van der Waals surface area contributed by atoms with E-state index in [4.69, 9.17) is 19.9 Å². The number of imide groups is 1. The fraction of sp³-hybridized carbons (Fsp3) is 0.333. The van der Waals surface area contributed by atoms with E-state index in [0.29, 0.717) is 19.4 Å². The van der Waals surface area contributed by atoms with Gasteiger partial charge in [-0.25, -0.2) is 9.69 Å². The Hall–Kier alpha value is -4.04. The quantitative estimate of drug-likeness (QED) is 0.240. The zero-order chi connectivity index (χ0) is 29.9. The molecule has 0 aromatic heterocycles. The third kappa shape index (κ3) is 6.07. The fourth-order valence-electron chi connectivity index (χ4n) is 6.31. The lowest BCUT2D eigenvalue weighted by Crippen LogP contribution is -2.55. The molecule has 7 heteroatoms. The maximum atomic E-state index is 13.8. The van der Waals surface area contributed by atoms with Crippen LogP contribution >= 0.6 is 0 Å². The summed E-state index contributed by atoms with van der Waals surface area (Å²) in [7, 11) is 0. The van der Waals surface area contributed by atoms with Crippen molar-refractivity contribution in [1.82, 2.24) is 4.90 Å². The molecule has 2 amide bonds. The van der Waals surface area contributed by atoms with Crippen LogP contribution in [0.15, 0.2) is 91.0 Å². The van der Waals surface area contributed by atoms with E-state index in [1.54, 1.807) is 0 Å². The molecular formula is C36H38N2O5. The lowest BCUT2D eigenvalue weighted by atomic mass is 9.98. The first kappa shape index (κ1) is 29.1. The van der Waals surface area contributed by atoms with E-state index in [-0.39, 0.29) is 25.0 Å². The minimum absolute atomic E-state index is 0.103. The van der Waals surface area contributed by atoms with Gasteiger partial charge in [-0.3, -0.25) is 4.79 Å². The van der Waals surface area contributed by atoms with Crippen molar-refractivity contribution in [2.24, 2.45) is 11.7 Å². The first-order valence-electron chi connectivity index (χ1n) is 15.0. The summed E-state index contributed by atoms with van der Waals surface area (Å²) in [4.78, 5) is 28.7. The number of amides is 2. The van der Waals surface area contributed by atoms with Gasteiger partial charge >= 0.3 is 6.09 Å². The molecule has 0 radical (unpaired) electrons. The standard InChI is InChI=1S/C36H38N2O5/c1-23(2)19-32(37)34(39)38(33-17-18-41-35(33)42-21-24-15-16-25-9-3-4-10-26(25)20-24)36(40)43-22-31-29-13-7-5-11-27(29)28-12-6-8-14-30(28)31/h3-16,20,23,31-33,35H,17-19,21-22,37H2,1-2H3/t32-,33-,35?/m0/s1. The SMILES string of the molecule is CC(C)C[C@H](N)C(=O)N(C(=O)OCC1c2ccccc2-c2ccccc21)[C@H]1CCOC1OCc1ccc2ccccc2c1. The van der Waals surface area contributed by atoms with E-state index in [1.807, 2.05) is 56.3 Å². The third-order valence-electron chi connectivity index (χ3n) is 8.38. The van der Waals surface area contributed by atoms with Crippen LogP contribution in [0.25, 0.3) is 21.9 Å². The number of benzene rings is 4. The van der Waals surface area contributed by atoms with Crippen LogP contribution in [0.3, 0.4) is 0 Å². The van der Waals surface area contributed by atoms with Gasteiger partial charge in [0.1, 0.15) is 6.61 Å². The van der Waals surface area contributed by atoms with Crippen LogP contribution in [0.5, 0.6) is 0 Å². The molecule has 0 spiro atoms. The topological polar surface area (TPSA) is 91.1 Å². The normalized spacial score (nSPS) is 18.4. The molecule has 2 aliphatic rings. The lowest BCUT2D eigenvalue weighted by Gasteiger charge is -2.32. The number of nitrogens with zero attached hydrogens (tertiary/aromatic N) is 1. The van der Waals surface area contributed by atoms with Crippen LogP contribution < -0.4 is 5.73 Å². The van der Waals surface area contributed by atoms with Crippen LogP contribution in [-0.4, -0.2) is 48.5 Å². The molecule has 0 saturated carbocycles. The first-order chi connectivity index (χ1) is 20.9. The zero-order valence-corrected chi connectivity index (χ0v) is 24.6. The predicted molar refractivity (Wildman–Crippen MR) is 166 cm³/mol. The predicted octanol–water partition coefficient (Wildman–Crippen LogP) is 6.62. The summed E-state index contributed by atoms with van der Waals surface area (Å²) in [5, 5.41) is 2.26. The second kappa shape index (κ2) is 12.7. The van der Waals surface area contributed by atoms with Crippen LogP contribution in [-0.2, 0) is 25.6 Å². The Morgan fingerprint density at radius 2 is 1.56 bits per heavy atom. The summed E-state index contributed by atoms with van der Waals surface area (Å²) in [5.41, 5.74) is 11.8. The molecule has 1 aliphatic carbocycles. The Morgan fingerprint density at radius 3 is 2.26 bits per heavy atom. The van der Waals surface area contributed by atoms with Crippen molar-refractivity contribution < 1.29 is 23.8 Å². The highest BCUT2D eigenvalue weighted by atomic mass is 16.7. The first-order valence-corrected chi connectivity index (χ1v) is 15.0. The Kier molecular flexibility index (Phi) is 8.56. The molecule has 1 aliphatic heterocycles. The number of carbonyl (C=O) groups is 2. The maximum absolute atomic E-state index is 13.8. The Morgan fingerprint density at radius 1 is 0.907 bits per heavy atom. The van der Waals surface area contributed by atoms with E-state index in [2.05, 4.69) is 48.5 Å². The Balaban J connectivity index is 1.21. The van der Waals surface area contributed by atoms with Crippen molar-refractivity contribution in [3.05, 3.63) is 108 Å². The summed E-state index contributed by atoms with van der Waals surface area (Å²) in [6.07, 6.45) is -0.627. The Bertz CT molecular complexity index is 1570. The molecule has 2 N–H and O–H groups in total. The summed E-state index contributed by atoms with van der Waals surface area (Å²) in [5.74, 6) is -0.416. The van der Waals surface area contributed by atoms with Crippen molar-refractivity contribution in [1.29, 1.82) is 0 Å². The monoisotopic (exact) mass is 578 g/mol. The number of nitrogens with two attached hydrogens (primary N) is 1. The van der Waals surface area contributed by atoms with Gasteiger partial charge in [0, 0.05) is 5.92 Å². The molecule has 0 bridgehead atoms. The number of ether oxygens (including phenoxy) is 3. The third-order valence-corrected chi connectivity index (χ3v) is 8.38. The minimum atomic E-state index is -0.845. The van der Waals surface area contributed by atoms with Gasteiger partial charge in [0.2, 0.25) is 5.91 Å². The minimum Gasteiger partial charge on any atom is -0.448 e. The highest BCUT2D eigenvalue weighted by molar-refractivity contribution is 5.95. The number of hydrogen-bond donors (Lipinski definition) is 1. The molecule has 7 nitrogen and oxygen atoms in total. The van der Waals surface area contributed by atoms with Gasteiger partial charge in [-0.05, 0) is 63.4 Å². The van der Waals surface area contributed by atoms with Gasteiger partial charge in [-0.2, -0.15) is 0 Å². The molecule has 1 unspecified atom stereocenters. The second-order valence-electron chi connectivity index (χ2n) is 11.8. The number of rotatable bonds is 9. The molecular weight excluding hydrogens is 540 g/mol. The smallest absolute Gasteiger partial charge is 0.417 e. The zero-order valence-electron chi connectivity index (χ0n) is 24.6. The van der Waals surface area contributed by atoms with Crippen molar-refractivity contribution in [2.45, 2.75) is 57.6 Å². The second-order valence-corrected chi connectivity index (χ2v) is 11.8. The van der Waals surface area contributed by atoms with Gasteiger partial charge in [-0.1, -0.05) is 98.8 Å². The van der Waals surface area contributed by atoms with Gasteiger partial charge in [0.05, 0.1) is 25.3 Å². The summed E-state index contributed by atoms with van der Waals surface area (Å²) >= 11 is 0. The van der Waals surface area contributed by atoms with Gasteiger partial charge in [-0.15, -0.1) is 0 Å². The molecule has 6 rings (SSSR count). The molecule has 1 fully saturated rings. The highest BCUT2D eigenvalue weighted by Gasteiger charge is 2.43. The number of hydrogen-bond acceptors (Lipinski definition) is 6. The van der Waals surface area contributed by atoms with E-state index >= 15 is 0 Å². The van der Waals surface area contributed by atoms with E-state index < -0.39 is 30.4 Å². The van der Waals surface area contributed by atoms with E-state index in [9.17, 15) is 9.59 Å². The lowest BCUT2D eigenvalue weighted by molar-refractivity contribution is -0.156. The molecule has 222 valence electrons. The highest BCUT2D eigenvalue weighted by Crippen LogP contribution is 2.44. The summed E-state index contributed by atoms with van der Waals surface area (Å²) in [6, 6.07) is 29.1. The average Bonchev–Trinajstić information content (AvgIpc) is 3.61. The van der Waals surface area contributed by atoms with Crippen LogP contribution in [0, 0.1) is 5.92 Å². The Labute approximate surface area is 252 Å². The van der Waals surface area contributed by atoms with Gasteiger partial charge < -0.3 is 19.9 Å². The van der Waals surface area contributed by atoms with Crippen molar-refractivity contribution >= 4 is 22.8 Å². The molecule has 1 saturated heterocycles. The fourth-order valence-corrected chi connectivity index (χ4v) is 6.31. The van der Waals surface area contributed by atoms with Gasteiger partial charge in [0.25, 0.3) is 0 Å². The molecule has 4 aromatic carbocycles. The molecule has 43 heavy (non-hydrogen) atoms. The maximum Gasteiger partial charge on any atom is 0.417 e. The largest absolute Gasteiger partial charge is 0.448 e. The molecule has 1 heterocycles. The van der Waals surface area contributed by atoms with E-state index in [1.165, 1.54) is 0 Å². The summed E-state index contributed by atoms with van der Waals surface area (Å²) < 4.78 is 18.1. The van der Waals surface area contributed by atoms with Crippen molar-refractivity contribution in [3.63, 3.8) is 0 Å². The van der Waals surface area contributed by atoms with Crippen LogP contribution in [0.2, 0.25) is 0 Å². The van der Waals surface area contributed by atoms with Crippen LogP contribution in [0.4, 0.5) is 4.79 Å². The van der Waals surface area contributed by atoms with E-state index in [0.717, 1.165) is 43.5 Å². The molecule has 4 aromatic rings. The average molecular weight is 579 g/mol. The summed E-state index contributed by atoms with van der Waals surface area (Å²) in [6.45, 7) is 4.73. The van der Waals surface area contributed by atoms with Crippen molar-refractivity contribution in [2.75, 3.05) is 13.2 Å².